The first kappa shape index (κ1) is 12.8. The molecule has 0 aromatic carbocycles. The van der Waals surface area contributed by atoms with Crippen molar-refractivity contribution in [2.24, 2.45) is 23.2 Å². The van der Waals surface area contributed by atoms with Crippen LogP contribution in [0.15, 0.2) is 18.6 Å². The second-order valence-corrected chi connectivity index (χ2v) is 7.58. The van der Waals surface area contributed by atoms with Crippen LogP contribution < -0.4 is 5.32 Å². The molecule has 1 aromatic rings. The van der Waals surface area contributed by atoms with E-state index in [2.05, 4.69) is 22.2 Å². The molecule has 3 nitrogen and oxygen atoms in total. The molecule has 1 N–H and O–H groups in total. The van der Waals surface area contributed by atoms with Crippen molar-refractivity contribution in [1.82, 2.24) is 15.3 Å². The molecule has 20 heavy (non-hydrogen) atoms. The molecule has 0 saturated heterocycles. The smallest absolute Gasteiger partial charge is 0.115 e. The van der Waals surface area contributed by atoms with Crippen LogP contribution in [0.25, 0.3) is 0 Å². The monoisotopic (exact) mass is 271 g/mol. The van der Waals surface area contributed by atoms with Crippen LogP contribution >= 0.6 is 0 Å². The van der Waals surface area contributed by atoms with E-state index >= 15 is 0 Å². The van der Waals surface area contributed by atoms with Crippen LogP contribution in [0.5, 0.6) is 0 Å². The van der Waals surface area contributed by atoms with Crippen molar-refractivity contribution in [3.05, 3.63) is 24.3 Å². The third-order valence-electron chi connectivity index (χ3n) is 6.24. The Morgan fingerprint density at radius 2 is 1.85 bits per heavy atom. The van der Waals surface area contributed by atoms with Crippen molar-refractivity contribution < 1.29 is 0 Å². The van der Waals surface area contributed by atoms with Gasteiger partial charge in [0.05, 0.1) is 5.69 Å². The molecule has 1 heterocycles. The number of nitrogens with one attached hydrogen (secondary N) is 1. The second kappa shape index (κ2) is 4.80. The Kier molecular flexibility index (Phi) is 3.06. The number of rotatable bonds is 4. The molecule has 5 rings (SSSR count). The van der Waals surface area contributed by atoms with E-state index in [0.717, 1.165) is 30.0 Å². The molecular weight excluding hydrogens is 246 g/mol. The summed E-state index contributed by atoms with van der Waals surface area (Å²) in [6.07, 6.45) is 12.5. The summed E-state index contributed by atoms with van der Waals surface area (Å²) < 4.78 is 0. The Hall–Kier alpha value is -0.960. The van der Waals surface area contributed by atoms with Crippen LogP contribution in [0.4, 0.5) is 0 Å². The molecule has 3 heteroatoms. The van der Waals surface area contributed by atoms with Gasteiger partial charge in [-0.15, -0.1) is 0 Å². The van der Waals surface area contributed by atoms with Gasteiger partial charge in [0.1, 0.15) is 6.33 Å². The summed E-state index contributed by atoms with van der Waals surface area (Å²) >= 11 is 0. The summed E-state index contributed by atoms with van der Waals surface area (Å²) in [5.41, 5.74) is 1.69. The third kappa shape index (κ3) is 2.16. The molecule has 0 aliphatic heterocycles. The normalized spacial score (nSPS) is 40.0. The molecule has 0 radical (unpaired) electrons. The summed E-state index contributed by atoms with van der Waals surface area (Å²) in [6.45, 7) is 3.29. The van der Waals surface area contributed by atoms with Gasteiger partial charge in [0.2, 0.25) is 0 Å². The van der Waals surface area contributed by atoms with Crippen LogP contribution in [0.3, 0.4) is 0 Å². The van der Waals surface area contributed by atoms with Crippen LogP contribution in [0, 0.1) is 23.2 Å². The molecule has 1 atom stereocenters. The van der Waals surface area contributed by atoms with E-state index in [1.807, 2.05) is 12.3 Å². The van der Waals surface area contributed by atoms with E-state index in [1.165, 1.54) is 38.5 Å². The van der Waals surface area contributed by atoms with Crippen LogP contribution in [-0.4, -0.2) is 16.0 Å². The molecule has 4 bridgehead atoms. The second-order valence-electron chi connectivity index (χ2n) is 7.58. The van der Waals surface area contributed by atoms with Crippen LogP contribution in [0.2, 0.25) is 0 Å². The van der Waals surface area contributed by atoms with Gasteiger partial charge in [0.15, 0.2) is 0 Å². The van der Waals surface area contributed by atoms with Gasteiger partial charge in [0, 0.05) is 18.8 Å². The fourth-order valence-corrected chi connectivity index (χ4v) is 5.60. The maximum absolute atomic E-state index is 4.32. The van der Waals surface area contributed by atoms with E-state index in [4.69, 9.17) is 0 Å². The van der Waals surface area contributed by atoms with Crippen molar-refractivity contribution in [2.45, 2.75) is 58.0 Å². The fourth-order valence-electron chi connectivity index (χ4n) is 5.60. The summed E-state index contributed by atoms with van der Waals surface area (Å²) in [4.78, 5) is 8.31. The zero-order chi connectivity index (χ0) is 13.6. The van der Waals surface area contributed by atoms with Crippen molar-refractivity contribution in [1.29, 1.82) is 0 Å². The lowest BCUT2D eigenvalue weighted by molar-refractivity contribution is -0.0707. The number of hydrogen-bond donors (Lipinski definition) is 1. The standard InChI is InChI=1S/C17H25N3/c1-12(19-10-16-2-3-18-11-20-16)17-7-13-4-14(8-17)6-15(5-13)9-17/h2-3,11-15,19H,4-10H2,1H3. The first-order chi connectivity index (χ1) is 9.73. The quantitative estimate of drug-likeness (QED) is 0.914. The lowest BCUT2D eigenvalue weighted by Gasteiger charge is -2.59. The Bertz CT molecular complexity index is 435. The first-order valence-electron chi connectivity index (χ1n) is 8.22. The maximum Gasteiger partial charge on any atom is 0.115 e. The summed E-state index contributed by atoms with van der Waals surface area (Å²) in [7, 11) is 0. The average molecular weight is 271 g/mol. The summed E-state index contributed by atoms with van der Waals surface area (Å²) in [5.74, 6) is 3.10. The lowest BCUT2D eigenvalue weighted by atomic mass is 9.48. The predicted molar refractivity (Wildman–Crippen MR) is 78.9 cm³/mol. The minimum absolute atomic E-state index is 0.585. The summed E-state index contributed by atoms with van der Waals surface area (Å²) in [6, 6.07) is 2.63. The largest absolute Gasteiger partial charge is 0.308 e. The van der Waals surface area contributed by atoms with Gasteiger partial charge >= 0.3 is 0 Å². The molecule has 1 unspecified atom stereocenters. The first-order valence-corrected chi connectivity index (χ1v) is 8.22. The van der Waals surface area contributed by atoms with Gasteiger partial charge < -0.3 is 5.32 Å². The minimum Gasteiger partial charge on any atom is -0.308 e. The molecule has 4 aliphatic rings. The van der Waals surface area contributed by atoms with Gasteiger partial charge in [-0.2, -0.15) is 0 Å². The summed E-state index contributed by atoms with van der Waals surface area (Å²) in [5, 5.41) is 3.77. The molecule has 108 valence electrons. The van der Waals surface area contributed by atoms with Crippen molar-refractivity contribution in [3.8, 4) is 0 Å². The topological polar surface area (TPSA) is 37.8 Å². The third-order valence-corrected chi connectivity index (χ3v) is 6.24. The van der Waals surface area contributed by atoms with Gasteiger partial charge in [-0.05, 0) is 74.7 Å². The van der Waals surface area contributed by atoms with Crippen molar-refractivity contribution >= 4 is 0 Å². The fraction of sp³-hybridized carbons (Fsp3) is 0.765. The van der Waals surface area contributed by atoms with E-state index in [-0.39, 0.29) is 0 Å². The van der Waals surface area contributed by atoms with Crippen LogP contribution in [0.1, 0.15) is 51.1 Å². The minimum atomic E-state index is 0.585. The Labute approximate surface area is 121 Å². The highest BCUT2D eigenvalue weighted by atomic mass is 15.0. The zero-order valence-corrected chi connectivity index (χ0v) is 12.4. The Morgan fingerprint density at radius 3 is 2.40 bits per heavy atom. The number of aromatic nitrogens is 2. The number of nitrogens with zero attached hydrogens (tertiary/aromatic N) is 2. The number of hydrogen-bond acceptors (Lipinski definition) is 3. The van der Waals surface area contributed by atoms with Crippen molar-refractivity contribution in [3.63, 3.8) is 0 Å². The molecule has 4 saturated carbocycles. The van der Waals surface area contributed by atoms with Gasteiger partial charge in [-0.3, -0.25) is 0 Å². The maximum atomic E-state index is 4.32. The lowest BCUT2D eigenvalue weighted by Crippen LogP contribution is -2.54. The van der Waals surface area contributed by atoms with E-state index < -0.39 is 0 Å². The molecular formula is C17H25N3. The Balaban J connectivity index is 1.44. The van der Waals surface area contributed by atoms with Gasteiger partial charge in [-0.1, -0.05) is 0 Å². The highest BCUT2D eigenvalue weighted by Crippen LogP contribution is 2.61. The Morgan fingerprint density at radius 1 is 1.20 bits per heavy atom. The van der Waals surface area contributed by atoms with Crippen LogP contribution in [-0.2, 0) is 6.54 Å². The molecule has 0 amide bonds. The molecule has 1 aromatic heterocycles. The van der Waals surface area contributed by atoms with E-state index in [0.29, 0.717) is 11.5 Å². The predicted octanol–water partition coefficient (Wildman–Crippen LogP) is 3.17. The SMILES string of the molecule is CC(NCc1ccncn1)C12CC3CC(CC(C3)C1)C2. The molecule has 4 aliphatic carbocycles. The van der Waals surface area contributed by atoms with Gasteiger partial charge in [-0.25, -0.2) is 9.97 Å². The van der Waals surface area contributed by atoms with E-state index in [9.17, 15) is 0 Å². The highest BCUT2D eigenvalue weighted by molar-refractivity contribution is 5.06. The average Bonchev–Trinajstić information content (AvgIpc) is 2.44. The zero-order valence-electron chi connectivity index (χ0n) is 12.4. The molecule has 0 spiro atoms. The van der Waals surface area contributed by atoms with E-state index in [1.54, 1.807) is 6.33 Å². The highest BCUT2D eigenvalue weighted by Gasteiger charge is 2.52. The molecule has 4 fully saturated rings. The van der Waals surface area contributed by atoms with Crippen molar-refractivity contribution in [2.75, 3.05) is 0 Å². The van der Waals surface area contributed by atoms with Gasteiger partial charge in [0.25, 0.3) is 0 Å².